The summed E-state index contributed by atoms with van der Waals surface area (Å²) in [4.78, 5) is 17.7. The molecule has 0 bridgehead atoms. The molecular weight excluding hydrogens is 298 g/mol. The molecule has 24 heavy (non-hydrogen) atoms. The first kappa shape index (κ1) is 16.4. The maximum Gasteiger partial charge on any atom is 0.256 e. The number of nitrogens with one attached hydrogen (secondary N) is 2. The number of anilines is 1. The molecule has 2 aromatic rings. The van der Waals surface area contributed by atoms with Gasteiger partial charge >= 0.3 is 0 Å². The Balaban J connectivity index is 1.65. The van der Waals surface area contributed by atoms with Gasteiger partial charge in [-0.1, -0.05) is 24.3 Å². The number of carbonyl (C=O) groups is 1. The van der Waals surface area contributed by atoms with Crippen molar-refractivity contribution in [2.24, 2.45) is 0 Å². The van der Waals surface area contributed by atoms with Crippen LogP contribution in [-0.4, -0.2) is 27.9 Å². The zero-order chi connectivity index (χ0) is 17.2. The number of amides is 1. The summed E-state index contributed by atoms with van der Waals surface area (Å²) < 4.78 is 0. The molecule has 1 aromatic carbocycles. The quantitative estimate of drug-likeness (QED) is 0.881. The van der Waals surface area contributed by atoms with Gasteiger partial charge in [0.1, 0.15) is 5.82 Å². The van der Waals surface area contributed by atoms with Crippen molar-refractivity contribution in [3.63, 3.8) is 0 Å². The van der Waals surface area contributed by atoms with Crippen LogP contribution in [0.15, 0.2) is 54.9 Å². The van der Waals surface area contributed by atoms with Crippen LogP contribution in [0.5, 0.6) is 0 Å². The van der Waals surface area contributed by atoms with Crippen molar-refractivity contribution in [2.45, 2.75) is 38.6 Å². The Kier molecular flexibility index (Phi) is 4.47. The maximum absolute atomic E-state index is 12.2. The molecule has 1 aliphatic heterocycles. The van der Waals surface area contributed by atoms with E-state index in [0.717, 1.165) is 18.8 Å². The van der Waals surface area contributed by atoms with Gasteiger partial charge in [0.25, 0.3) is 5.91 Å². The van der Waals surface area contributed by atoms with E-state index in [0.29, 0.717) is 11.5 Å². The molecule has 0 radical (unpaired) electrons. The SMILES string of the molecule is CC(C)(C)N1C=CC(c2c[nH]c(NC(=O)c3ccccc3)c2)CC1. The zero-order valence-electron chi connectivity index (χ0n) is 14.5. The molecule has 126 valence electrons. The van der Waals surface area contributed by atoms with Crippen LogP contribution in [0.3, 0.4) is 0 Å². The van der Waals surface area contributed by atoms with Crippen molar-refractivity contribution in [3.05, 3.63) is 66.0 Å². The van der Waals surface area contributed by atoms with Crippen LogP contribution in [0.2, 0.25) is 0 Å². The predicted octanol–water partition coefficient (Wildman–Crippen LogP) is 4.37. The molecule has 3 rings (SSSR count). The highest BCUT2D eigenvalue weighted by Crippen LogP contribution is 2.30. The fraction of sp³-hybridized carbons (Fsp3) is 0.350. The first-order chi connectivity index (χ1) is 11.4. The van der Waals surface area contributed by atoms with E-state index in [1.807, 2.05) is 42.6 Å². The lowest BCUT2D eigenvalue weighted by atomic mass is 9.93. The summed E-state index contributed by atoms with van der Waals surface area (Å²) in [6.07, 6.45) is 7.52. The summed E-state index contributed by atoms with van der Waals surface area (Å²) in [7, 11) is 0. The number of rotatable bonds is 3. The Morgan fingerprint density at radius 1 is 1.25 bits per heavy atom. The molecule has 4 nitrogen and oxygen atoms in total. The van der Waals surface area contributed by atoms with Crippen LogP contribution < -0.4 is 5.32 Å². The summed E-state index contributed by atoms with van der Waals surface area (Å²) in [6.45, 7) is 7.73. The van der Waals surface area contributed by atoms with E-state index in [1.165, 1.54) is 5.56 Å². The second kappa shape index (κ2) is 6.56. The van der Waals surface area contributed by atoms with Crippen LogP contribution in [0.4, 0.5) is 5.82 Å². The van der Waals surface area contributed by atoms with E-state index in [9.17, 15) is 4.79 Å². The third-order valence-corrected chi connectivity index (χ3v) is 4.46. The Bertz CT molecular complexity index is 725. The van der Waals surface area contributed by atoms with Gasteiger partial charge in [-0.15, -0.1) is 0 Å². The first-order valence-corrected chi connectivity index (χ1v) is 8.43. The number of benzene rings is 1. The lowest BCUT2D eigenvalue weighted by molar-refractivity contribution is 0.102. The molecular formula is C20H25N3O. The predicted molar refractivity (Wildman–Crippen MR) is 98.1 cm³/mol. The third-order valence-electron chi connectivity index (χ3n) is 4.46. The van der Waals surface area contributed by atoms with Gasteiger partial charge in [-0.2, -0.15) is 0 Å². The number of hydrogen-bond acceptors (Lipinski definition) is 2. The summed E-state index contributed by atoms with van der Waals surface area (Å²) in [5.74, 6) is 1.04. The second-order valence-electron chi connectivity index (χ2n) is 7.27. The molecule has 0 saturated heterocycles. The molecule has 0 fully saturated rings. The Hall–Kier alpha value is -2.49. The van der Waals surface area contributed by atoms with E-state index < -0.39 is 0 Å². The van der Waals surface area contributed by atoms with Crippen molar-refractivity contribution >= 4 is 11.7 Å². The number of allylic oxidation sites excluding steroid dienone is 1. The molecule has 1 aromatic heterocycles. The van der Waals surface area contributed by atoms with Crippen molar-refractivity contribution < 1.29 is 4.79 Å². The van der Waals surface area contributed by atoms with Crippen molar-refractivity contribution in [1.82, 2.24) is 9.88 Å². The van der Waals surface area contributed by atoms with E-state index in [1.54, 1.807) is 0 Å². The van der Waals surface area contributed by atoms with E-state index in [4.69, 9.17) is 0 Å². The lowest BCUT2D eigenvalue weighted by Gasteiger charge is -2.38. The highest BCUT2D eigenvalue weighted by Gasteiger charge is 2.23. The monoisotopic (exact) mass is 323 g/mol. The van der Waals surface area contributed by atoms with Crippen LogP contribution in [0.25, 0.3) is 0 Å². The second-order valence-corrected chi connectivity index (χ2v) is 7.27. The Morgan fingerprint density at radius 3 is 2.62 bits per heavy atom. The Labute approximate surface area is 143 Å². The van der Waals surface area contributed by atoms with Crippen molar-refractivity contribution in [3.8, 4) is 0 Å². The molecule has 4 heteroatoms. The van der Waals surface area contributed by atoms with Crippen LogP contribution >= 0.6 is 0 Å². The fourth-order valence-electron chi connectivity index (χ4n) is 2.97. The topological polar surface area (TPSA) is 48.1 Å². The van der Waals surface area contributed by atoms with Crippen LogP contribution in [0.1, 0.15) is 49.0 Å². The minimum absolute atomic E-state index is 0.0953. The molecule has 0 aliphatic carbocycles. The summed E-state index contributed by atoms with van der Waals surface area (Å²) in [6, 6.07) is 11.3. The molecule has 2 heterocycles. The first-order valence-electron chi connectivity index (χ1n) is 8.43. The average Bonchev–Trinajstić information content (AvgIpc) is 3.03. The van der Waals surface area contributed by atoms with Crippen molar-refractivity contribution in [2.75, 3.05) is 11.9 Å². The fourth-order valence-corrected chi connectivity index (χ4v) is 2.97. The van der Waals surface area contributed by atoms with Gasteiger partial charge in [0, 0.05) is 29.8 Å². The highest BCUT2D eigenvalue weighted by molar-refractivity contribution is 6.03. The molecule has 1 amide bonds. The van der Waals surface area contributed by atoms with Crippen molar-refractivity contribution in [1.29, 1.82) is 0 Å². The van der Waals surface area contributed by atoms with E-state index in [-0.39, 0.29) is 11.4 Å². The lowest BCUT2D eigenvalue weighted by Crippen LogP contribution is -2.39. The molecule has 0 saturated carbocycles. The van der Waals surface area contributed by atoms with Gasteiger partial charge in [-0.25, -0.2) is 0 Å². The van der Waals surface area contributed by atoms with E-state index >= 15 is 0 Å². The van der Waals surface area contributed by atoms with Crippen LogP contribution in [-0.2, 0) is 0 Å². The normalized spacial score (nSPS) is 17.8. The maximum atomic E-state index is 12.2. The van der Waals surface area contributed by atoms with E-state index in [2.05, 4.69) is 48.2 Å². The number of carbonyl (C=O) groups excluding carboxylic acids is 1. The number of H-pyrrole nitrogens is 1. The van der Waals surface area contributed by atoms with Crippen LogP contribution in [0, 0.1) is 0 Å². The number of aromatic nitrogens is 1. The minimum Gasteiger partial charge on any atom is -0.373 e. The summed E-state index contributed by atoms with van der Waals surface area (Å²) >= 11 is 0. The van der Waals surface area contributed by atoms with Gasteiger partial charge in [-0.05, 0) is 57.2 Å². The molecule has 0 spiro atoms. The summed E-state index contributed by atoms with van der Waals surface area (Å²) in [5, 5.41) is 2.92. The van der Waals surface area contributed by atoms with Gasteiger partial charge < -0.3 is 15.2 Å². The summed E-state index contributed by atoms with van der Waals surface area (Å²) in [5.41, 5.74) is 2.03. The zero-order valence-corrected chi connectivity index (χ0v) is 14.5. The molecule has 1 aliphatic rings. The molecule has 1 unspecified atom stereocenters. The van der Waals surface area contributed by atoms with Gasteiger partial charge in [-0.3, -0.25) is 4.79 Å². The average molecular weight is 323 g/mol. The van der Waals surface area contributed by atoms with Gasteiger partial charge in [0.05, 0.1) is 0 Å². The Morgan fingerprint density at radius 2 is 2.00 bits per heavy atom. The number of nitrogens with zero attached hydrogens (tertiary/aromatic N) is 1. The largest absolute Gasteiger partial charge is 0.373 e. The van der Waals surface area contributed by atoms with Gasteiger partial charge in [0.15, 0.2) is 0 Å². The molecule has 1 atom stereocenters. The van der Waals surface area contributed by atoms with Gasteiger partial charge in [0.2, 0.25) is 0 Å². The minimum atomic E-state index is -0.0953. The molecule has 2 N–H and O–H groups in total. The third kappa shape index (κ3) is 3.70. The number of hydrogen-bond donors (Lipinski definition) is 2. The number of aromatic amines is 1. The standard InChI is InChI=1S/C20H25N3O/c1-20(2,3)23-11-9-15(10-12-23)17-13-18(21-14-17)22-19(24)16-7-5-4-6-8-16/h4-9,11,13-15,21H,10,12H2,1-3H3,(H,22,24). The highest BCUT2D eigenvalue weighted by atomic mass is 16.1. The smallest absolute Gasteiger partial charge is 0.256 e.